The fourth-order valence-corrected chi connectivity index (χ4v) is 1.57. The summed E-state index contributed by atoms with van der Waals surface area (Å²) in [6, 6.07) is -0.323. The fraction of sp³-hybridized carbons (Fsp3) is 0.545. The van der Waals surface area contributed by atoms with E-state index in [-0.39, 0.29) is 17.6 Å². The second-order valence-corrected chi connectivity index (χ2v) is 4.58. The van der Waals surface area contributed by atoms with Crippen molar-refractivity contribution >= 4 is 17.5 Å². The molecule has 4 N–H and O–H groups in total. The van der Waals surface area contributed by atoms with Gasteiger partial charge in [-0.3, -0.25) is 14.3 Å². The van der Waals surface area contributed by atoms with Crippen LogP contribution in [0.15, 0.2) is 6.20 Å². The van der Waals surface area contributed by atoms with Crippen LogP contribution in [-0.2, 0) is 11.8 Å². The molecule has 1 atom stereocenters. The van der Waals surface area contributed by atoms with Gasteiger partial charge in [0.05, 0.1) is 5.69 Å². The number of carbonyl (C=O) groups is 2. The minimum Gasteiger partial charge on any atom is -0.396 e. The molecule has 0 spiro atoms. The Labute approximate surface area is 105 Å². The molecule has 1 aliphatic rings. The molecular formula is C11H17N5O2. The van der Waals surface area contributed by atoms with E-state index in [4.69, 9.17) is 5.73 Å². The van der Waals surface area contributed by atoms with Gasteiger partial charge in [-0.05, 0) is 19.8 Å². The molecular weight excluding hydrogens is 234 g/mol. The van der Waals surface area contributed by atoms with E-state index in [1.165, 1.54) is 4.68 Å². The Morgan fingerprint density at radius 1 is 1.56 bits per heavy atom. The second-order valence-electron chi connectivity index (χ2n) is 4.58. The molecule has 0 radical (unpaired) electrons. The molecule has 0 saturated heterocycles. The van der Waals surface area contributed by atoms with Crippen LogP contribution in [0, 0.1) is 0 Å². The number of carbonyl (C=O) groups excluding carboxylic acids is 2. The molecule has 7 heteroatoms. The number of nitrogen functional groups attached to an aromatic ring is 1. The van der Waals surface area contributed by atoms with Crippen molar-refractivity contribution in [3.05, 3.63) is 11.9 Å². The second kappa shape index (κ2) is 4.67. The molecule has 0 aliphatic heterocycles. The zero-order chi connectivity index (χ0) is 13.3. The summed E-state index contributed by atoms with van der Waals surface area (Å²) in [4.78, 5) is 23.5. The number of nitrogens with one attached hydrogen (secondary N) is 2. The highest BCUT2D eigenvalue weighted by molar-refractivity contribution is 5.99. The topological polar surface area (TPSA) is 102 Å². The Morgan fingerprint density at radius 3 is 2.72 bits per heavy atom. The number of aryl methyl sites for hydroxylation is 1. The maximum atomic E-state index is 11.8. The lowest BCUT2D eigenvalue weighted by Crippen LogP contribution is -2.45. The zero-order valence-corrected chi connectivity index (χ0v) is 10.4. The van der Waals surface area contributed by atoms with Crippen molar-refractivity contribution in [3.8, 4) is 0 Å². The van der Waals surface area contributed by atoms with Crippen molar-refractivity contribution in [3.63, 3.8) is 0 Å². The van der Waals surface area contributed by atoms with E-state index in [0.717, 1.165) is 12.8 Å². The molecule has 2 amide bonds. The van der Waals surface area contributed by atoms with E-state index in [0.29, 0.717) is 5.69 Å². The molecule has 18 heavy (non-hydrogen) atoms. The van der Waals surface area contributed by atoms with Crippen LogP contribution in [0.4, 0.5) is 5.69 Å². The molecule has 7 nitrogen and oxygen atoms in total. The van der Waals surface area contributed by atoms with Crippen molar-refractivity contribution in [1.29, 1.82) is 0 Å². The summed E-state index contributed by atoms with van der Waals surface area (Å²) >= 11 is 0. The molecule has 1 fully saturated rings. The van der Waals surface area contributed by atoms with Crippen LogP contribution in [0.3, 0.4) is 0 Å². The number of hydrogen-bond acceptors (Lipinski definition) is 4. The average Bonchev–Trinajstić information content (AvgIpc) is 3.02. The lowest BCUT2D eigenvalue weighted by molar-refractivity contribution is -0.122. The van der Waals surface area contributed by atoms with Crippen molar-refractivity contribution < 1.29 is 9.59 Å². The molecule has 2 rings (SSSR count). The number of nitrogens with two attached hydrogens (primary N) is 1. The summed E-state index contributed by atoms with van der Waals surface area (Å²) in [5.41, 5.74) is 6.08. The van der Waals surface area contributed by atoms with Gasteiger partial charge in [0.25, 0.3) is 5.91 Å². The standard InChI is InChI=1S/C11H17N5O2/c1-6(10(17)14-7-3-4-7)13-11(18)9-8(12)5-16(2)15-9/h5-7H,3-4,12H2,1-2H3,(H,13,18)(H,14,17). The van der Waals surface area contributed by atoms with Crippen LogP contribution in [0.1, 0.15) is 30.3 Å². The first-order valence-corrected chi connectivity index (χ1v) is 5.87. The highest BCUT2D eigenvalue weighted by Gasteiger charge is 2.27. The van der Waals surface area contributed by atoms with Crippen LogP contribution in [0.25, 0.3) is 0 Å². The van der Waals surface area contributed by atoms with Crippen molar-refractivity contribution in [2.24, 2.45) is 7.05 Å². The lowest BCUT2D eigenvalue weighted by atomic mass is 10.2. The molecule has 1 aliphatic carbocycles. The van der Waals surface area contributed by atoms with Crippen LogP contribution in [0.5, 0.6) is 0 Å². The van der Waals surface area contributed by atoms with Crippen molar-refractivity contribution in [2.45, 2.75) is 31.8 Å². The van der Waals surface area contributed by atoms with Gasteiger partial charge in [-0.2, -0.15) is 5.10 Å². The van der Waals surface area contributed by atoms with Gasteiger partial charge in [0.2, 0.25) is 5.91 Å². The molecule has 1 saturated carbocycles. The molecule has 0 bridgehead atoms. The summed E-state index contributed by atoms with van der Waals surface area (Å²) in [5.74, 6) is -0.619. The highest BCUT2D eigenvalue weighted by Crippen LogP contribution is 2.18. The normalized spacial score (nSPS) is 16.1. The fourth-order valence-electron chi connectivity index (χ4n) is 1.57. The number of nitrogens with zero attached hydrogens (tertiary/aromatic N) is 2. The van der Waals surface area contributed by atoms with Crippen LogP contribution in [0.2, 0.25) is 0 Å². The minimum atomic E-state index is -0.598. The Hall–Kier alpha value is -2.05. The molecule has 98 valence electrons. The van der Waals surface area contributed by atoms with Gasteiger partial charge in [0.15, 0.2) is 5.69 Å². The van der Waals surface area contributed by atoms with Crippen molar-refractivity contribution in [2.75, 3.05) is 5.73 Å². The van der Waals surface area contributed by atoms with E-state index in [1.54, 1.807) is 20.2 Å². The quantitative estimate of drug-likeness (QED) is 0.665. The predicted octanol–water partition coefficient (Wildman–Crippen LogP) is -0.601. The first-order valence-electron chi connectivity index (χ1n) is 5.87. The molecule has 1 aromatic rings. The first-order chi connectivity index (χ1) is 8.47. The SMILES string of the molecule is CC(NC(=O)c1nn(C)cc1N)C(=O)NC1CC1. The molecule has 1 aromatic heterocycles. The first kappa shape index (κ1) is 12.4. The third-order valence-corrected chi connectivity index (χ3v) is 2.74. The molecule has 0 aromatic carbocycles. The Kier molecular flexibility index (Phi) is 3.22. The van der Waals surface area contributed by atoms with Gasteiger partial charge < -0.3 is 16.4 Å². The molecule has 1 unspecified atom stereocenters. The summed E-state index contributed by atoms with van der Waals surface area (Å²) in [6.07, 6.45) is 3.57. The number of rotatable bonds is 4. The van der Waals surface area contributed by atoms with E-state index in [1.807, 2.05) is 0 Å². The number of anilines is 1. The number of aromatic nitrogens is 2. The van der Waals surface area contributed by atoms with E-state index in [9.17, 15) is 9.59 Å². The highest BCUT2D eigenvalue weighted by atomic mass is 16.2. The summed E-state index contributed by atoms with van der Waals surface area (Å²) < 4.78 is 1.46. The Morgan fingerprint density at radius 2 is 2.22 bits per heavy atom. The van der Waals surface area contributed by atoms with E-state index in [2.05, 4.69) is 15.7 Å². The van der Waals surface area contributed by atoms with Gasteiger partial charge in [-0.1, -0.05) is 0 Å². The van der Waals surface area contributed by atoms with Gasteiger partial charge >= 0.3 is 0 Å². The maximum Gasteiger partial charge on any atom is 0.274 e. The maximum absolute atomic E-state index is 11.8. The Balaban J connectivity index is 1.93. The van der Waals surface area contributed by atoms with Gasteiger partial charge in [-0.25, -0.2) is 0 Å². The van der Waals surface area contributed by atoms with Crippen LogP contribution in [-0.4, -0.2) is 33.7 Å². The van der Waals surface area contributed by atoms with Crippen LogP contribution >= 0.6 is 0 Å². The summed E-state index contributed by atoms with van der Waals surface area (Å²) in [7, 11) is 1.68. The zero-order valence-electron chi connectivity index (χ0n) is 10.4. The lowest BCUT2D eigenvalue weighted by Gasteiger charge is -2.13. The van der Waals surface area contributed by atoms with Crippen molar-refractivity contribution in [1.82, 2.24) is 20.4 Å². The largest absolute Gasteiger partial charge is 0.396 e. The van der Waals surface area contributed by atoms with Crippen LogP contribution < -0.4 is 16.4 Å². The number of hydrogen-bond donors (Lipinski definition) is 3. The summed E-state index contributed by atoms with van der Waals surface area (Å²) in [6.45, 7) is 1.63. The van der Waals surface area contributed by atoms with Gasteiger partial charge in [-0.15, -0.1) is 0 Å². The average molecular weight is 251 g/mol. The van der Waals surface area contributed by atoms with Gasteiger partial charge in [0.1, 0.15) is 6.04 Å². The van der Waals surface area contributed by atoms with E-state index < -0.39 is 11.9 Å². The predicted molar refractivity (Wildman–Crippen MR) is 65.7 cm³/mol. The minimum absolute atomic E-state index is 0.142. The van der Waals surface area contributed by atoms with Gasteiger partial charge in [0, 0.05) is 19.3 Å². The molecule has 1 heterocycles. The Bertz CT molecular complexity index is 478. The number of amides is 2. The monoisotopic (exact) mass is 251 g/mol. The summed E-state index contributed by atoms with van der Waals surface area (Å²) in [5, 5.41) is 9.34. The smallest absolute Gasteiger partial charge is 0.274 e. The third kappa shape index (κ3) is 2.79. The van der Waals surface area contributed by atoms with E-state index >= 15 is 0 Å². The third-order valence-electron chi connectivity index (χ3n) is 2.74.